The van der Waals surface area contributed by atoms with Crippen molar-refractivity contribution in [1.82, 2.24) is 4.98 Å². The highest BCUT2D eigenvalue weighted by atomic mass is 35.5. The van der Waals surface area contributed by atoms with Gasteiger partial charge in [0.25, 0.3) is 5.91 Å². The van der Waals surface area contributed by atoms with E-state index in [4.69, 9.17) is 21.1 Å². The van der Waals surface area contributed by atoms with Crippen LogP contribution >= 0.6 is 11.6 Å². The Labute approximate surface area is 168 Å². The molecule has 0 radical (unpaired) electrons. The minimum absolute atomic E-state index is 0.238. The Morgan fingerprint density at radius 3 is 2.36 bits per heavy atom. The first-order chi connectivity index (χ1) is 13.6. The molecule has 28 heavy (non-hydrogen) atoms. The predicted molar refractivity (Wildman–Crippen MR) is 111 cm³/mol. The van der Waals surface area contributed by atoms with Crippen LogP contribution in [-0.2, 0) is 0 Å². The van der Waals surface area contributed by atoms with E-state index in [0.29, 0.717) is 29.6 Å². The summed E-state index contributed by atoms with van der Waals surface area (Å²) in [5.74, 6) is 1.80. The van der Waals surface area contributed by atoms with Crippen LogP contribution in [0, 0.1) is 0 Å². The smallest absolute Gasteiger partial charge is 0.256 e. The molecule has 7 heteroatoms. The van der Waals surface area contributed by atoms with E-state index < -0.39 is 0 Å². The maximum Gasteiger partial charge on any atom is 0.256 e. The van der Waals surface area contributed by atoms with Gasteiger partial charge in [-0.1, -0.05) is 11.6 Å². The minimum atomic E-state index is -0.238. The lowest BCUT2D eigenvalue weighted by atomic mass is 10.2. The Kier molecular flexibility index (Phi) is 6.70. The third-order valence-corrected chi connectivity index (χ3v) is 4.12. The van der Waals surface area contributed by atoms with Crippen molar-refractivity contribution in [3.05, 3.63) is 77.4 Å². The molecule has 1 heterocycles. The number of halogens is 1. The Morgan fingerprint density at radius 2 is 1.71 bits per heavy atom. The van der Waals surface area contributed by atoms with Crippen LogP contribution in [0.15, 0.2) is 66.9 Å². The quantitative estimate of drug-likeness (QED) is 0.548. The molecule has 0 atom stereocenters. The van der Waals surface area contributed by atoms with Gasteiger partial charge < -0.3 is 20.1 Å². The van der Waals surface area contributed by atoms with E-state index in [1.807, 2.05) is 30.3 Å². The molecule has 0 saturated carbocycles. The number of pyridine rings is 1. The van der Waals surface area contributed by atoms with Crippen LogP contribution in [0.1, 0.15) is 10.4 Å². The van der Waals surface area contributed by atoms with Gasteiger partial charge >= 0.3 is 0 Å². The first-order valence-electron chi connectivity index (χ1n) is 8.68. The molecule has 0 saturated heterocycles. The molecule has 6 nitrogen and oxygen atoms in total. The van der Waals surface area contributed by atoms with Gasteiger partial charge in [-0.25, -0.2) is 4.98 Å². The van der Waals surface area contributed by atoms with E-state index in [0.717, 1.165) is 17.2 Å². The fourth-order valence-corrected chi connectivity index (χ4v) is 2.52. The lowest BCUT2D eigenvalue weighted by Crippen LogP contribution is -2.14. The van der Waals surface area contributed by atoms with E-state index in [1.165, 1.54) is 0 Å². The molecule has 2 N–H and O–H groups in total. The zero-order chi connectivity index (χ0) is 19.8. The van der Waals surface area contributed by atoms with E-state index in [9.17, 15) is 4.79 Å². The molecule has 1 aromatic heterocycles. The van der Waals surface area contributed by atoms with E-state index in [1.54, 1.807) is 43.6 Å². The van der Waals surface area contributed by atoms with Crippen molar-refractivity contribution in [1.29, 1.82) is 0 Å². The van der Waals surface area contributed by atoms with Crippen LogP contribution in [0.25, 0.3) is 0 Å². The zero-order valence-electron chi connectivity index (χ0n) is 15.3. The highest BCUT2D eigenvalue weighted by Crippen LogP contribution is 2.17. The average Bonchev–Trinajstić information content (AvgIpc) is 2.73. The molecule has 3 aromatic rings. The summed E-state index contributed by atoms with van der Waals surface area (Å²) in [7, 11) is 1.63. The number of nitrogens with zero attached hydrogens (tertiary/aromatic N) is 1. The maximum atomic E-state index is 12.2. The van der Waals surface area contributed by atoms with Gasteiger partial charge in [0.05, 0.1) is 19.0 Å². The summed E-state index contributed by atoms with van der Waals surface area (Å²) in [6.45, 7) is 1.12. The van der Waals surface area contributed by atoms with Crippen LogP contribution in [0.2, 0.25) is 5.02 Å². The molecule has 0 bridgehead atoms. The summed E-state index contributed by atoms with van der Waals surface area (Å²) in [5.41, 5.74) is 1.35. The number of benzene rings is 2. The highest BCUT2D eigenvalue weighted by molar-refractivity contribution is 6.30. The molecule has 144 valence electrons. The number of ether oxygens (including phenoxy) is 2. The minimum Gasteiger partial charge on any atom is -0.497 e. The molecule has 0 aliphatic carbocycles. The van der Waals surface area contributed by atoms with Crippen molar-refractivity contribution < 1.29 is 14.3 Å². The van der Waals surface area contributed by atoms with Gasteiger partial charge in [-0.3, -0.25) is 4.79 Å². The molecule has 0 aliphatic heterocycles. The lowest BCUT2D eigenvalue weighted by Gasteiger charge is -2.10. The van der Waals surface area contributed by atoms with Gasteiger partial charge in [0.1, 0.15) is 23.9 Å². The molecular weight excluding hydrogens is 378 g/mol. The molecule has 0 unspecified atom stereocenters. The fraction of sp³-hybridized carbons (Fsp3) is 0.143. The second-order valence-corrected chi connectivity index (χ2v) is 6.28. The summed E-state index contributed by atoms with van der Waals surface area (Å²) in [6.07, 6.45) is 1.66. The lowest BCUT2D eigenvalue weighted by molar-refractivity contribution is 0.102. The van der Waals surface area contributed by atoms with Crippen molar-refractivity contribution in [2.24, 2.45) is 0 Å². The monoisotopic (exact) mass is 397 g/mol. The third kappa shape index (κ3) is 5.62. The second-order valence-electron chi connectivity index (χ2n) is 5.84. The number of methoxy groups -OCH3 is 1. The molecule has 2 aromatic carbocycles. The Bertz CT molecular complexity index is 898. The fourth-order valence-electron chi connectivity index (χ4n) is 2.40. The van der Waals surface area contributed by atoms with E-state index in [2.05, 4.69) is 15.6 Å². The van der Waals surface area contributed by atoms with Gasteiger partial charge in [-0.05, 0) is 60.7 Å². The first-order valence-corrected chi connectivity index (χ1v) is 9.05. The third-order valence-electron chi connectivity index (χ3n) is 3.87. The Hall–Kier alpha value is -3.25. The van der Waals surface area contributed by atoms with Crippen molar-refractivity contribution in [2.45, 2.75) is 0 Å². The standard InChI is InChI=1S/C21H20ClN3O3/c1-27-18-7-9-19(10-8-18)28-13-12-23-17-6-11-20(24-14-17)25-21(26)15-2-4-16(22)5-3-15/h2-11,14,23H,12-13H2,1H3,(H,24,25,26). The average molecular weight is 398 g/mol. The number of carbonyl (C=O) groups is 1. The Morgan fingerprint density at radius 1 is 1.00 bits per heavy atom. The first kappa shape index (κ1) is 19.5. The number of anilines is 2. The molecular formula is C21H20ClN3O3. The van der Waals surface area contributed by atoms with Crippen molar-refractivity contribution in [3.63, 3.8) is 0 Å². The van der Waals surface area contributed by atoms with Crippen LogP contribution in [0.5, 0.6) is 11.5 Å². The number of carbonyl (C=O) groups excluding carboxylic acids is 1. The van der Waals surface area contributed by atoms with Crippen LogP contribution < -0.4 is 20.1 Å². The van der Waals surface area contributed by atoms with Crippen molar-refractivity contribution in [2.75, 3.05) is 30.9 Å². The van der Waals surface area contributed by atoms with Crippen LogP contribution in [0.4, 0.5) is 11.5 Å². The topological polar surface area (TPSA) is 72.5 Å². The molecule has 0 fully saturated rings. The number of rotatable bonds is 8. The summed E-state index contributed by atoms with van der Waals surface area (Å²) in [5, 5.41) is 6.55. The van der Waals surface area contributed by atoms with E-state index >= 15 is 0 Å². The van der Waals surface area contributed by atoms with Gasteiger partial charge in [-0.2, -0.15) is 0 Å². The predicted octanol–water partition coefficient (Wildman–Crippen LogP) is 4.49. The highest BCUT2D eigenvalue weighted by Gasteiger charge is 2.06. The number of aromatic nitrogens is 1. The molecule has 0 aliphatic rings. The van der Waals surface area contributed by atoms with Crippen LogP contribution in [0.3, 0.4) is 0 Å². The summed E-state index contributed by atoms with van der Waals surface area (Å²) in [4.78, 5) is 16.4. The zero-order valence-corrected chi connectivity index (χ0v) is 16.1. The van der Waals surface area contributed by atoms with Crippen molar-refractivity contribution in [3.8, 4) is 11.5 Å². The molecule has 3 rings (SSSR count). The molecule has 0 spiro atoms. The number of hydrogen-bond acceptors (Lipinski definition) is 5. The summed E-state index contributed by atoms with van der Waals surface area (Å²) < 4.78 is 10.8. The summed E-state index contributed by atoms with van der Waals surface area (Å²) in [6, 6.07) is 17.7. The number of hydrogen-bond donors (Lipinski definition) is 2. The second kappa shape index (κ2) is 9.62. The molecule has 1 amide bonds. The number of nitrogens with one attached hydrogen (secondary N) is 2. The maximum absolute atomic E-state index is 12.2. The van der Waals surface area contributed by atoms with Gasteiger partial charge in [0.2, 0.25) is 0 Å². The normalized spacial score (nSPS) is 10.2. The van der Waals surface area contributed by atoms with Crippen LogP contribution in [-0.4, -0.2) is 31.2 Å². The summed E-state index contributed by atoms with van der Waals surface area (Å²) >= 11 is 5.83. The number of amides is 1. The van der Waals surface area contributed by atoms with Gasteiger partial charge in [0, 0.05) is 17.1 Å². The van der Waals surface area contributed by atoms with Gasteiger partial charge in [0.15, 0.2) is 0 Å². The Balaban J connectivity index is 1.43. The van der Waals surface area contributed by atoms with Crippen molar-refractivity contribution >= 4 is 29.0 Å². The van der Waals surface area contributed by atoms with Gasteiger partial charge in [-0.15, -0.1) is 0 Å². The van der Waals surface area contributed by atoms with E-state index in [-0.39, 0.29) is 5.91 Å². The largest absolute Gasteiger partial charge is 0.497 e. The SMILES string of the molecule is COc1ccc(OCCNc2ccc(NC(=O)c3ccc(Cl)cc3)nc2)cc1.